The van der Waals surface area contributed by atoms with E-state index in [-0.39, 0.29) is 5.41 Å². The van der Waals surface area contributed by atoms with Crippen LogP contribution in [0.5, 0.6) is 17.2 Å². The summed E-state index contributed by atoms with van der Waals surface area (Å²) in [5, 5.41) is 34.5. The van der Waals surface area contributed by atoms with Crippen molar-refractivity contribution in [3.05, 3.63) is 87.5 Å². The fourth-order valence-electron chi connectivity index (χ4n) is 11.7. The van der Waals surface area contributed by atoms with Crippen LogP contribution < -0.4 is 0 Å². The van der Waals surface area contributed by atoms with Gasteiger partial charge in [-0.2, -0.15) is 0 Å². The lowest BCUT2D eigenvalue weighted by Gasteiger charge is -2.44. The van der Waals surface area contributed by atoms with Crippen molar-refractivity contribution in [2.24, 2.45) is 0 Å². The van der Waals surface area contributed by atoms with Gasteiger partial charge in [-0.05, 0) is 158 Å². The number of rotatable bonds is 7. The third-order valence-electron chi connectivity index (χ3n) is 14.8. The van der Waals surface area contributed by atoms with Crippen molar-refractivity contribution in [3.63, 3.8) is 0 Å². The van der Waals surface area contributed by atoms with Gasteiger partial charge in [-0.1, -0.05) is 113 Å². The first-order valence-corrected chi connectivity index (χ1v) is 21.5. The van der Waals surface area contributed by atoms with Crippen LogP contribution in [-0.4, -0.2) is 15.3 Å². The van der Waals surface area contributed by atoms with E-state index in [2.05, 4.69) is 36.4 Å². The van der Waals surface area contributed by atoms with Gasteiger partial charge in [0.25, 0.3) is 0 Å². The molecule has 0 unspecified atom stereocenters. The summed E-state index contributed by atoms with van der Waals surface area (Å²) in [6.07, 6.45) is 29.2. The lowest BCUT2D eigenvalue weighted by atomic mass is 9.60. The number of phenols is 3. The van der Waals surface area contributed by atoms with Gasteiger partial charge in [-0.15, -0.1) is 0 Å². The molecule has 5 aliphatic rings. The molecule has 3 aromatic rings. The third-order valence-corrected chi connectivity index (χ3v) is 14.8. The molecule has 3 aromatic carbocycles. The molecule has 0 amide bonds. The first kappa shape index (κ1) is 35.1. The van der Waals surface area contributed by atoms with Crippen LogP contribution in [-0.2, 0) is 5.41 Å². The Morgan fingerprint density at radius 1 is 0.373 bits per heavy atom. The zero-order chi connectivity index (χ0) is 34.8. The topological polar surface area (TPSA) is 60.7 Å². The maximum atomic E-state index is 12.2. The van der Waals surface area contributed by atoms with Gasteiger partial charge < -0.3 is 15.3 Å². The van der Waals surface area contributed by atoms with Crippen LogP contribution in [0.15, 0.2) is 48.5 Å². The van der Waals surface area contributed by atoms with Gasteiger partial charge in [0.2, 0.25) is 0 Å². The van der Waals surface area contributed by atoms with Crippen LogP contribution in [0, 0.1) is 0 Å². The maximum absolute atomic E-state index is 12.2. The van der Waals surface area contributed by atoms with Crippen LogP contribution >= 0.6 is 0 Å². The first-order chi connectivity index (χ1) is 25.0. The molecule has 0 aliphatic heterocycles. The Morgan fingerprint density at radius 2 is 0.686 bits per heavy atom. The Labute approximate surface area is 308 Å². The van der Waals surface area contributed by atoms with E-state index >= 15 is 0 Å². The summed E-state index contributed by atoms with van der Waals surface area (Å²) in [7, 11) is 0. The average Bonchev–Trinajstić information content (AvgIpc) is 3.20. The fourth-order valence-corrected chi connectivity index (χ4v) is 11.7. The van der Waals surface area contributed by atoms with E-state index in [0.717, 1.165) is 25.7 Å². The van der Waals surface area contributed by atoms with E-state index in [4.69, 9.17) is 0 Å². The van der Waals surface area contributed by atoms with E-state index in [0.29, 0.717) is 46.8 Å². The molecule has 0 bridgehead atoms. The molecule has 5 aliphatic carbocycles. The van der Waals surface area contributed by atoms with Gasteiger partial charge in [0.05, 0.1) is 0 Å². The van der Waals surface area contributed by atoms with Crippen molar-refractivity contribution in [2.45, 2.75) is 189 Å². The minimum Gasteiger partial charge on any atom is -0.508 e. The van der Waals surface area contributed by atoms with Crippen LogP contribution in [0.3, 0.4) is 0 Å². The zero-order valence-electron chi connectivity index (χ0n) is 31.3. The molecule has 3 N–H and O–H groups in total. The molecule has 0 aromatic heterocycles. The summed E-state index contributed by atoms with van der Waals surface area (Å²) >= 11 is 0. The van der Waals surface area contributed by atoms with Crippen molar-refractivity contribution >= 4 is 0 Å². The van der Waals surface area contributed by atoms with E-state index in [1.165, 1.54) is 167 Å². The number of hydrogen-bond donors (Lipinski definition) is 3. The van der Waals surface area contributed by atoms with Crippen molar-refractivity contribution in [3.8, 4) is 17.2 Å². The van der Waals surface area contributed by atoms with E-state index in [1.807, 2.05) is 12.1 Å². The van der Waals surface area contributed by atoms with Gasteiger partial charge in [-0.25, -0.2) is 0 Å². The van der Waals surface area contributed by atoms with Gasteiger partial charge >= 0.3 is 0 Å². The second-order valence-corrected chi connectivity index (χ2v) is 17.8. The predicted molar refractivity (Wildman–Crippen MR) is 210 cm³/mol. The Kier molecular flexibility index (Phi) is 10.7. The second-order valence-electron chi connectivity index (χ2n) is 17.8. The van der Waals surface area contributed by atoms with Crippen LogP contribution in [0.1, 0.15) is 223 Å². The molecule has 5 saturated carbocycles. The quantitative estimate of drug-likeness (QED) is 0.232. The van der Waals surface area contributed by atoms with Gasteiger partial charge in [0.1, 0.15) is 17.2 Å². The highest BCUT2D eigenvalue weighted by Crippen LogP contribution is 2.55. The highest BCUT2D eigenvalue weighted by Gasteiger charge is 2.42. The second kappa shape index (κ2) is 15.6. The maximum Gasteiger partial charge on any atom is 0.122 e. The molecule has 0 heterocycles. The fraction of sp³-hybridized carbons (Fsp3) is 0.625. The molecule has 3 nitrogen and oxygen atoms in total. The monoisotopic (exact) mass is 688 g/mol. The van der Waals surface area contributed by atoms with Crippen molar-refractivity contribution in [1.29, 1.82) is 0 Å². The van der Waals surface area contributed by atoms with Crippen molar-refractivity contribution < 1.29 is 15.3 Å². The van der Waals surface area contributed by atoms with Gasteiger partial charge in [-0.3, -0.25) is 0 Å². The summed E-state index contributed by atoms with van der Waals surface area (Å²) in [5.74, 6) is 3.85. The average molecular weight is 689 g/mol. The predicted octanol–water partition coefficient (Wildman–Crippen LogP) is 13.6. The van der Waals surface area contributed by atoms with Crippen molar-refractivity contribution in [2.75, 3.05) is 0 Å². The first-order valence-electron chi connectivity index (χ1n) is 21.5. The van der Waals surface area contributed by atoms with Crippen molar-refractivity contribution in [1.82, 2.24) is 0 Å². The minimum atomic E-state index is -0.158. The third kappa shape index (κ3) is 7.22. The van der Waals surface area contributed by atoms with Crippen LogP contribution in [0.25, 0.3) is 0 Å². The number of aromatic hydroxyl groups is 3. The summed E-state index contributed by atoms with van der Waals surface area (Å²) < 4.78 is 0. The Bertz CT molecular complexity index is 1440. The van der Waals surface area contributed by atoms with Gasteiger partial charge in [0.15, 0.2) is 0 Å². The summed E-state index contributed by atoms with van der Waals surface area (Å²) in [6, 6.07) is 18.0. The van der Waals surface area contributed by atoms with Crippen LogP contribution in [0.4, 0.5) is 0 Å². The van der Waals surface area contributed by atoms with E-state index in [9.17, 15) is 15.3 Å². The molecule has 0 spiro atoms. The molecule has 51 heavy (non-hydrogen) atoms. The molecular weight excluding hydrogens is 625 g/mol. The Balaban J connectivity index is 1.30. The minimum absolute atomic E-state index is 0.158. The Morgan fingerprint density at radius 3 is 1.00 bits per heavy atom. The summed E-state index contributed by atoms with van der Waals surface area (Å²) in [4.78, 5) is 0. The molecule has 0 atom stereocenters. The number of hydrogen-bond acceptors (Lipinski definition) is 3. The lowest BCUT2D eigenvalue weighted by Crippen LogP contribution is -2.34. The molecule has 3 heteroatoms. The van der Waals surface area contributed by atoms with E-state index in [1.54, 1.807) is 0 Å². The van der Waals surface area contributed by atoms with Crippen LogP contribution in [0.2, 0.25) is 0 Å². The molecule has 274 valence electrons. The highest BCUT2D eigenvalue weighted by atomic mass is 16.3. The smallest absolute Gasteiger partial charge is 0.122 e. The summed E-state index contributed by atoms with van der Waals surface area (Å²) in [5.41, 5.74) is 9.04. The largest absolute Gasteiger partial charge is 0.508 e. The number of phenolic OH excluding ortho intramolecular Hbond substituents is 3. The molecule has 5 fully saturated rings. The molecule has 0 radical (unpaired) electrons. The lowest BCUT2D eigenvalue weighted by molar-refractivity contribution is 0.311. The highest BCUT2D eigenvalue weighted by molar-refractivity contribution is 5.56. The standard InChI is InChI=1S/C48H64O3/c49-41-23-21-33(22-24-41)34-25-27-48(28-26-34,39-29-42(35-13-5-1-6-14-35)46(50)43(30-39)36-15-7-2-8-16-36)40-31-44(37-17-9-3-10-18-37)47(51)45(32-40)38-19-11-4-12-20-38/h21-24,29-32,34-38,49-51H,1-20,25-28H2. The summed E-state index contributed by atoms with van der Waals surface area (Å²) in [6.45, 7) is 0. The number of benzene rings is 3. The molecule has 0 saturated heterocycles. The molecular formula is C48H64O3. The molecule has 8 rings (SSSR count). The SMILES string of the molecule is Oc1ccc(C2CCC(c3cc(C4CCCCC4)c(O)c(C4CCCCC4)c3)(c3cc(C4CCCCC4)c(O)c(C4CCCCC4)c3)CC2)cc1. The van der Waals surface area contributed by atoms with E-state index < -0.39 is 0 Å². The Hall–Kier alpha value is -2.94. The van der Waals surface area contributed by atoms with Gasteiger partial charge in [0, 0.05) is 5.41 Å². The zero-order valence-corrected chi connectivity index (χ0v) is 31.3. The normalized spacial score (nSPS) is 23.4.